The van der Waals surface area contributed by atoms with Gasteiger partial charge in [-0.15, -0.1) is 0 Å². The van der Waals surface area contributed by atoms with Crippen molar-refractivity contribution in [3.05, 3.63) is 75.3 Å². The van der Waals surface area contributed by atoms with Crippen LogP contribution in [0.25, 0.3) is 0 Å². The van der Waals surface area contributed by atoms with Gasteiger partial charge in [0.25, 0.3) is 0 Å². The molecule has 1 fully saturated rings. The van der Waals surface area contributed by atoms with Gasteiger partial charge in [-0.05, 0) is 37.6 Å². The lowest BCUT2D eigenvalue weighted by Crippen LogP contribution is -2.48. The Kier molecular flexibility index (Phi) is 9.56. The number of hydrogen-bond acceptors (Lipinski definition) is 6. The Balaban J connectivity index is 1.90. The molecule has 1 amide bonds. The normalized spacial score (nSPS) is 21.3. The monoisotopic (exact) mass is 592 g/mol. The predicted molar refractivity (Wildman–Crippen MR) is 137 cm³/mol. The lowest BCUT2D eigenvalue weighted by Gasteiger charge is -2.27. The number of alkyl halides is 3. The van der Waals surface area contributed by atoms with Crippen LogP contribution in [0.15, 0.2) is 68.9 Å². The van der Waals surface area contributed by atoms with E-state index in [1.165, 1.54) is 30.4 Å². The third-order valence-electron chi connectivity index (χ3n) is 6.27. The summed E-state index contributed by atoms with van der Waals surface area (Å²) in [6.07, 6.45) is -2.79. The Labute approximate surface area is 231 Å². The van der Waals surface area contributed by atoms with Crippen LogP contribution in [-0.4, -0.2) is 71.3 Å². The molecular formula is C26H26ClF5N2O4S. The second-order valence-corrected chi connectivity index (χ2v) is 10.4. The van der Waals surface area contributed by atoms with Crippen molar-refractivity contribution in [2.75, 3.05) is 32.8 Å². The van der Waals surface area contributed by atoms with E-state index in [9.17, 15) is 32.3 Å². The molecule has 1 atom stereocenters. The second-order valence-electron chi connectivity index (χ2n) is 8.92. The van der Waals surface area contributed by atoms with E-state index in [1.54, 1.807) is 18.7 Å². The molecule has 1 aromatic carbocycles. The lowest BCUT2D eigenvalue weighted by atomic mass is 10.0. The van der Waals surface area contributed by atoms with E-state index in [0.29, 0.717) is 16.2 Å². The summed E-state index contributed by atoms with van der Waals surface area (Å²) in [5.74, 6) is -3.17. The summed E-state index contributed by atoms with van der Waals surface area (Å²) in [6.45, 7) is 5.01. The van der Waals surface area contributed by atoms with Crippen molar-refractivity contribution in [2.45, 2.75) is 36.9 Å². The number of likely N-dealkylation sites (tertiary alicyclic amines) is 1. The number of carbonyl (C=O) groups excluding carboxylic acids is 2. The molecule has 0 aliphatic carbocycles. The van der Waals surface area contributed by atoms with Gasteiger partial charge in [0.15, 0.2) is 11.4 Å². The standard InChI is InChI=1S/C26H26ClF5N2O4S/c1-4-38-24(36)18-6-5-7-20(22(18)29)39-23-16(3)34(12-17(23)8-9-19(27)15(2)28)13-21(35)33-11-10-25(37,14-33)26(30,31)32/h5-9,37H,2,4,10-14H2,1,3H3/b17-8+,19-9+. The van der Waals surface area contributed by atoms with Crippen LogP contribution in [0.2, 0.25) is 0 Å². The first kappa shape index (κ1) is 30.7. The molecule has 2 heterocycles. The largest absolute Gasteiger partial charge is 0.462 e. The number of ether oxygens (including phenoxy) is 1. The lowest BCUT2D eigenvalue weighted by molar-refractivity contribution is -0.253. The van der Waals surface area contributed by atoms with Crippen LogP contribution in [0, 0.1) is 5.82 Å². The van der Waals surface area contributed by atoms with E-state index >= 15 is 4.39 Å². The highest BCUT2D eigenvalue weighted by Gasteiger charge is 2.57. The van der Waals surface area contributed by atoms with Crippen LogP contribution in [-0.2, 0) is 9.53 Å². The minimum Gasteiger partial charge on any atom is -0.462 e. The first-order chi connectivity index (χ1) is 18.2. The fraction of sp³-hybridized carbons (Fsp3) is 0.385. The molecule has 1 N–H and O–H groups in total. The Morgan fingerprint density at radius 2 is 2.03 bits per heavy atom. The molecular weight excluding hydrogens is 567 g/mol. The number of nitrogens with zero attached hydrogens (tertiary/aromatic N) is 2. The van der Waals surface area contributed by atoms with Crippen LogP contribution < -0.4 is 0 Å². The molecule has 2 aliphatic rings. The summed E-state index contributed by atoms with van der Waals surface area (Å²) in [5.41, 5.74) is -2.23. The highest BCUT2D eigenvalue weighted by molar-refractivity contribution is 8.03. The van der Waals surface area contributed by atoms with Crippen LogP contribution in [0.1, 0.15) is 30.6 Å². The second kappa shape index (κ2) is 12.1. The third-order valence-corrected chi connectivity index (χ3v) is 7.90. The van der Waals surface area contributed by atoms with Gasteiger partial charge in [-0.2, -0.15) is 13.2 Å². The van der Waals surface area contributed by atoms with E-state index in [0.717, 1.165) is 16.7 Å². The molecule has 3 rings (SSSR count). The number of halogens is 6. The van der Waals surface area contributed by atoms with Gasteiger partial charge in [0.2, 0.25) is 5.91 Å². The number of β-amino-alcohol motifs (C(OH)–C–C–N with tert-alkyl or cyclic N) is 1. The minimum absolute atomic E-state index is 0.0557. The van der Waals surface area contributed by atoms with E-state index in [2.05, 4.69) is 6.58 Å². The Hall–Kier alpha value is -2.83. The molecule has 0 bridgehead atoms. The highest BCUT2D eigenvalue weighted by atomic mass is 35.5. The summed E-state index contributed by atoms with van der Waals surface area (Å²) in [6, 6.07) is 4.21. The van der Waals surface area contributed by atoms with Crippen LogP contribution in [0.3, 0.4) is 0 Å². The van der Waals surface area contributed by atoms with Crippen molar-refractivity contribution < 1.29 is 41.4 Å². The third kappa shape index (κ3) is 6.85. The fourth-order valence-electron chi connectivity index (χ4n) is 4.05. The van der Waals surface area contributed by atoms with Gasteiger partial charge in [-0.3, -0.25) is 4.79 Å². The van der Waals surface area contributed by atoms with E-state index in [1.807, 2.05) is 0 Å². The van der Waals surface area contributed by atoms with Crippen LogP contribution in [0.5, 0.6) is 0 Å². The van der Waals surface area contributed by atoms with Crippen molar-refractivity contribution in [2.24, 2.45) is 0 Å². The van der Waals surface area contributed by atoms with Crippen molar-refractivity contribution in [3.8, 4) is 0 Å². The fourth-order valence-corrected chi connectivity index (χ4v) is 5.22. The van der Waals surface area contributed by atoms with Gasteiger partial charge < -0.3 is 19.6 Å². The SMILES string of the molecule is C=C(F)/C(Cl)=C\C=C1/CN(CC(=O)N2CCC(O)(C(F)(F)F)C2)C(C)=C1Sc1cccc(C(=O)OCC)c1F. The molecule has 1 saturated heterocycles. The first-order valence-corrected chi connectivity index (χ1v) is 13.0. The molecule has 0 spiro atoms. The number of benzene rings is 1. The van der Waals surface area contributed by atoms with Crippen LogP contribution in [0.4, 0.5) is 22.0 Å². The van der Waals surface area contributed by atoms with E-state index in [4.69, 9.17) is 16.3 Å². The summed E-state index contributed by atoms with van der Waals surface area (Å²) >= 11 is 6.79. The number of thioether (sulfide) groups is 1. The van der Waals surface area contributed by atoms with Crippen molar-refractivity contribution in [1.82, 2.24) is 9.80 Å². The zero-order valence-corrected chi connectivity index (χ0v) is 22.7. The number of hydrogen-bond donors (Lipinski definition) is 1. The number of rotatable bonds is 8. The topological polar surface area (TPSA) is 70.1 Å². The number of carbonyl (C=O) groups is 2. The summed E-state index contributed by atoms with van der Waals surface area (Å²) in [4.78, 5) is 28.1. The number of aliphatic hydroxyl groups is 1. The molecule has 212 valence electrons. The smallest absolute Gasteiger partial charge is 0.419 e. The predicted octanol–water partition coefficient (Wildman–Crippen LogP) is 5.70. The molecule has 0 radical (unpaired) electrons. The number of allylic oxidation sites excluding steroid dienone is 5. The maximum atomic E-state index is 15.2. The van der Waals surface area contributed by atoms with Crippen molar-refractivity contribution >= 4 is 35.2 Å². The van der Waals surface area contributed by atoms with Gasteiger partial charge in [0, 0.05) is 35.0 Å². The summed E-state index contributed by atoms with van der Waals surface area (Å²) in [7, 11) is 0. The number of esters is 1. The molecule has 6 nitrogen and oxygen atoms in total. The quantitative estimate of drug-likeness (QED) is 0.237. The zero-order chi connectivity index (χ0) is 29.1. The van der Waals surface area contributed by atoms with Gasteiger partial charge in [-0.1, -0.05) is 42.1 Å². The molecule has 0 aromatic heterocycles. The first-order valence-electron chi connectivity index (χ1n) is 11.8. The number of amides is 1. The van der Waals surface area contributed by atoms with Gasteiger partial charge in [0.1, 0.15) is 5.83 Å². The van der Waals surface area contributed by atoms with Gasteiger partial charge >= 0.3 is 12.1 Å². The maximum Gasteiger partial charge on any atom is 0.419 e. The van der Waals surface area contributed by atoms with Crippen LogP contribution >= 0.6 is 23.4 Å². The van der Waals surface area contributed by atoms with Crippen molar-refractivity contribution in [3.63, 3.8) is 0 Å². The molecule has 1 unspecified atom stereocenters. The Morgan fingerprint density at radius 3 is 2.62 bits per heavy atom. The van der Waals surface area contributed by atoms with Gasteiger partial charge in [0.05, 0.1) is 30.3 Å². The minimum atomic E-state index is -4.88. The molecule has 39 heavy (non-hydrogen) atoms. The maximum absolute atomic E-state index is 15.2. The van der Waals surface area contributed by atoms with E-state index < -0.39 is 48.3 Å². The molecule has 1 aromatic rings. The average molecular weight is 593 g/mol. The average Bonchev–Trinajstić information content (AvgIpc) is 3.40. The van der Waals surface area contributed by atoms with Gasteiger partial charge in [-0.25, -0.2) is 13.6 Å². The molecule has 2 aliphatic heterocycles. The molecule has 0 saturated carbocycles. The summed E-state index contributed by atoms with van der Waals surface area (Å²) < 4.78 is 73.1. The zero-order valence-electron chi connectivity index (χ0n) is 21.1. The van der Waals surface area contributed by atoms with E-state index in [-0.39, 0.29) is 41.7 Å². The Bertz CT molecular complexity index is 1260. The Morgan fingerprint density at radius 1 is 1.33 bits per heavy atom. The summed E-state index contributed by atoms with van der Waals surface area (Å²) in [5, 5.41) is 9.64. The molecule has 13 heteroatoms. The van der Waals surface area contributed by atoms with Crippen molar-refractivity contribution in [1.29, 1.82) is 0 Å². The highest BCUT2D eigenvalue weighted by Crippen LogP contribution is 2.42.